The molecule has 2 aliphatic rings. The standard InChI is InChI=1S/C18H24N2O2/c1-13(2)17(22)19-9-8-18(11-19)10-16(21)20(12-18)15-6-4-14(3)5-7-15/h4-7,13H,8-12H2,1-3H3/t18-/m0/s1. The summed E-state index contributed by atoms with van der Waals surface area (Å²) in [5.74, 6) is 0.418. The van der Waals surface area contributed by atoms with Crippen LogP contribution < -0.4 is 4.90 Å². The second-order valence-corrected chi connectivity index (χ2v) is 7.16. The molecule has 118 valence electrons. The molecule has 1 aromatic carbocycles. The van der Waals surface area contributed by atoms with Crippen molar-refractivity contribution in [1.82, 2.24) is 4.90 Å². The Labute approximate surface area is 132 Å². The van der Waals surface area contributed by atoms with Crippen LogP contribution in [0.1, 0.15) is 32.3 Å². The number of rotatable bonds is 2. The van der Waals surface area contributed by atoms with Crippen molar-refractivity contribution < 1.29 is 9.59 Å². The van der Waals surface area contributed by atoms with E-state index < -0.39 is 0 Å². The topological polar surface area (TPSA) is 40.6 Å². The Morgan fingerprint density at radius 1 is 1.18 bits per heavy atom. The number of amides is 2. The SMILES string of the molecule is Cc1ccc(N2C[C@@]3(CCN(C(=O)C(C)C)C3)CC2=O)cc1. The van der Waals surface area contributed by atoms with E-state index >= 15 is 0 Å². The van der Waals surface area contributed by atoms with Gasteiger partial charge in [0.2, 0.25) is 11.8 Å². The normalized spacial score (nSPS) is 24.8. The lowest BCUT2D eigenvalue weighted by Crippen LogP contribution is -2.36. The van der Waals surface area contributed by atoms with Crippen molar-refractivity contribution >= 4 is 17.5 Å². The Balaban J connectivity index is 1.75. The average molecular weight is 300 g/mol. The second kappa shape index (κ2) is 5.41. The molecule has 0 unspecified atom stereocenters. The molecule has 0 aromatic heterocycles. The summed E-state index contributed by atoms with van der Waals surface area (Å²) >= 11 is 0. The number of hydrogen-bond donors (Lipinski definition) is 0. The molecule has 0 radical (unpaired) electrons. The molecule has 3 rings (SSSR count). The number of nitrogens with zero attached hydrogens (tertiary/aromatic N) is 2. The maximum atomic E-state index is 12.5. The number of hydrogen-bond acceptors (Lipinski definition) is 2. The lowest BCUT2D eigenvalue weighted by molar-refractivity contribution is -0.133. The smallest absolute Gasteiger partial charge is 0.227 e. The van der Waals surface area contributed by atoms with Crippen molar-refractivity contribution in [3.63, 3.8) is 0 Å². The third-order valence-corrected chi connectivity index (χ3v) is 4.91. The van der Waals surface area contributed by atoms with Crippen LogP contribution in [0.5, 0.6) is 0 Å². The van der Waals surface area contributed by atoms with E-state index in [1.54, 1.807) is 0 Å². The first-order valence-electron chi connectivity index (χ1n) is 8.06. The van der Waals surface area contributed by atoms with Gasteiger partial charge in [-0.3, -0.25) is 9.59 Å². The van der Waals surface area contributed by atoms with E-state index in [-0.39, 0.29) is 23.1 Å². The number of anilines is 1. The van der Waals surface area contributed by atoms with Crippen molar-refractivity contribution in [2.24, 2.45) is 11.3 Å². The molecule has 1 spiro atoms. The summed E-state index contributed by atoms with van der Waals surface area (Å²) in [5.41, 5.74) is 2.12. The Kier molecular flexibility index (Phi) is 3.71. The highest BCUT2D eigenvalue weighted by atomic mass is 16.2. The first-order valence-corrected chi connectivity index (χ1v) is 8.06. The van der Waals surface area contributed by atoms with Crippen molar-refractivity contribution in [2.75, 3.05) is 24.5 Å². The minimum absolute atomic E-state index is 0.0282. The summed E-state index contributed by atoms with van der Waals surface area (Å²) < 4.78 is 0. The van der Waals surface area contributed by atoms with Gasteiger partial charge < -0.3 is 9.80 Å². The zero-order valence-corrected chi connectivity index (χ0v) is 13.6. The summed E-state index contributed by atoms with van der Waals surface area (Å²) in [4.78, 5) is 28.5. The average Bonchev–Trinajstić information content (AvgIpc) is 3.03. The number of likely N-dealkylation sites (tertiary alicyclic amines) is 1. The van der Waals surface area contributed by atoms with Gasteiger partial charge in [0.1, 0.15) is 0 Å². The van der Waals surface area contributed by atoms with E-state index in [0.717, 1.165) is 31.7 Å². The molecule has 0 saturated carbocycles. The Morgan fingerprint density at radius 3 is 2.50 bits per heavy atom. The van der Waals surface area contributed by atoms with E-state index in [2.05, 4.69) is 0 Å². The summed E-state index contributed by atoms with van der Waals surface area (Å²) in [7, 11) is 0. The number of carbonyl (C=O) groups is 2. The van der Waals surface area contributed by atoms with Gasteiger partial charge in [-0.15, -0.1) is 0 Å². The molecule has 22 heavy (non-hydrogen) atoms. The summed E-state index contributed by atoms with van der Waals surface area (Å²) in [5, 5.41) is 0. The molecule has 2 aliphatic heterocycles. The highest BCUT2D eigenvalue weighted by molar-refractivity contribution is 5.96. The molecular weight excluding hydrogens is 276 g/mol. The van der Waals surface area contributed by atoms with Gasteiger partial charge in [0.25, 0.3) is 0 Å². The molecule has 1 aromatic rings. The fourth-order valence-electron chi connectivity index (χ4n) is 3.62. The molecule has 0 N–H and O–H groups in total. The fraction of sp³-hybridized carbons (Fsp3) is 0.556. The van der Waals surface area contributed by atoms with Crippen molar-refractivity contribution in [1.29, 1.82) is 0 Å². The van der Waals surface area contributed by atoms with Crippen LogP contribution in [-0.2, 0) is 9.59 Å². The van der Waals surface area contributed by atoms with E-state index in [1.807, 2.05) is 54.8 Å². The monoisotopic (exact) mass is 300 g/mol. The fourth-order valence-corrected chi connectivity index (χ4v) is 3.62. The molecule has 0 bridgehead atoms. The molecule has 2 fully saturated rings. The summed E-state index contributed by atoms with van der Waals surface area (Å²) in [6, 6.07) is 8.10. The van der Waals surface area contributed by atoms with Crippen LogP contribution >= 0.6 is 0 Å². The Hall–Kier alpha value is -1.84. The third-order valence-electron chi connectivity index (χ3n) is 4.91. The minimum atomic E-state index is -0.0491. The number of carbonyl (C=O) groups excluding carboxylic acids is 2. The highest BCUT2D eigenvalue weighted by Gasteiger charge is 2.48. The summed E-state index contributed by atoms with van der Waals surface area (Å²) in [6.45, 7) is 8.15. The van der Waals surface area contributed by atoms with Gasteiger partial charge in [-0.05, 0) is 25.5 Å². The lowest BCUT2D eigenvalue weighted by Gasteiger charge is -2.25. The first kappa shape index (κ1) is 15.1. The van der Waals surface area contributed by atoms with Crippen LogP contribution in [-0.4, -0.2) is 36.3 Å². The van der Waals surface area contributed by atoms with Crippen LogP contribution in [0.4, 0.5) is 5.69 Å². The number of aryl methyl sites for hydroxylation is 1. The summed E-state index contributed by atoms with van der Waals surface area (Å²) in [6.07, 6.45) is 1.49. The van der Waals surface area contributed by atoms with Gasteiger partial charge in [-0.1, -0.05) is 31.5 Å². The quantitative estimate of drug-likeness (QED) is 0.842. The maximum Gasteiger partial charge on any atom is 0.227 e. The van der Waals surface area contributed by atoms with Gasteiger partial charge >= 0.3 is 0 Å². The van der Waals surface area contributed by atoms with Gasteiger partial charge in [-0.25, -0.2) is 0 Å². The lowest BCUT2D eigenvalue weighted by atomic mass is 9.86. The van der Waals surface area contributed by atoms with Gasteiger partial charge in [0, 0.05) is 43.1 Å². The van der Waals surface area contributed by atoms with Gasteiger partial charge in [-0.2, -0.15) is 0 Å². The molecule has 0 aliphatic carbocycles. The molecular formula is C18H24N2O2. The van der Waals surface area contributed by atoms with Gasteiger partial charge in [0.15, 0.2) is 0 Å². The number of benzene rings is 1. The highest BCUT2D eigenvalue weighted by Crippen LogP contribution is 2.42. The van der Waals surface area contributed by atoms with Crippen LogP contribution in [0.15, 0.2) is 24.3 Å². The molecule has 4 heteroatoms. The largest absolute Gasteiger partial charge is 0.342 e. The van der Waals surface area contributed by atoms with E-state index in [0.29, 0.717) is 6.42 Å². The second-order valence-electron chi connectivity index (χ2n) is 7.16. The van der Waals surface area contributed by atoms with Crippen LogP contribution in [0.2, 0.25) is 0 Å². The van der Waals surface area contributed by atoms with Crippen molar-refractivity contribution in [3.8, 4) is 0 Å². The Bertz CT molecular complexity index is 594. The van der Waals surface area contributed by atoms with Crippen LogP contribution in [0.3, 0.4) is 0 Å². The predicted molar refractivity (Wildman–Crippen MR) is 86.6 cm³/mol. The van der Waals surface area contributed by atoms with Crippen molar-refractivity contribution in [2.45, 2.75) is 33.6 Å². The molecule has 4 nitrogen and oxygen atoms in total. The molecule has 2 amide bonds. The zero-order valence-electron chi connectivity index (χ0n) is 13.6. The van der Waals surface area contributed by atoms with E-state index in [4.69, 9.17) is 0 Å². The molecule has 2 heterocycles. The van der Waals surface area contributed by atoms with Gasteiger partial charge in [0.05, 0.1) is 0 Å². The molecule has 1 atom stereocenters. The van der Waals surface area contributed by atoms with E-state index in [9.17, 15) is 9.59 Å². The third kappa shape index (κ3) is 2.62. The zero-order chi connectivity index (χ0) is 15.9. The minimum Gasteiger partial charge on any atom is -0.342 e. The van der Waals surface area contributed by atoms with Crippen molar-refractivity contribution in [3.05, 3.63) is 29.8 Å². The maximum absolute atomic E-state index is 12.5. The van der Waals surface area contributed by atoms with E-state index in [1.165, 1.54) is 5.56 Å². The molecule has 2 saturated heterocycles. The van der Waals surface area contributed by atoms with Crippen LogP contribution in [0, 0.1) is 18.3 Å². The predicted octanol–water partition coefficient (Wildman–Crippen LogP) is 2.61. The van der Waals surface area contributed by atoms with Crippen LogP contribution in [0.25, 0.3) is 0 Å². The Morgan fingerprint density at radius 2 is 1.86 bits per heavy atom. The first-order chi connectivity index (χ1) is 10.4.